The predicted molar refractivity (Wildman–Crippen MR) is 79.9 cm³/mol. The first kappa shape index (κ1) is 15.1. The van der Waals surface area contributed by atoms with Crippen LogP contribution in [0.1, 0.15) is 15.9 Å². The smallest absolute Gasteiger partial charge is 0.285 e. The molecule has 0 unspecified atom stereocenters. The molecular weight excluding hydrogens is 343 g/mol. The van der Waals surface area contributed by atoms with Crippen LogP contribution in [-0.2, 0) is 0 Å². The summed E-state index contributed by atoms with van der Waals surface area (Å²) in [6.45, 7) is 1.54. The fourth-order valence-electron chi connectivity index (χ4n) is 1.87. The summed E-state index contributed by atoms with van der Waals surface area (Å²) in [5.74, 6) is -1.36. The molecule has 0 aliphatic heterocycles. The number of carbonyl (C=O) groups excluding carboxylic acids is 1. The quantitative estimate of drug-likeness (QED) is 0.668. The Morgan fingerprint density at radius 3 is 2.67 bits per heavy atom. The van der Waals surface area contributed by atoms with E-state index in [4.69, 9.17) is 0 Å². The molecule has 21 heavy (non-hydrogen) atoms. The van der Waals surface area contributed by atoms with Crippen molar-refractivity contribution in [3.63, 3.8) is 0 Å². The van der Waals surface area contributed by atoms with Crippen LogP contribution >= 0.6 is 15.9 Å². The van der Waals surface area contributed by atoms with Gasteiger partial charge in [-0.3, -0.25) is 14.9 Å². The maximum atomic E-state index is 13.7. The third-order valence-corrected chi connectivity index (χ3v) is 3.34. The molecule has 1 amide bonds. The zero-order chi connectivity index (χ0) is 15.6. The molecule has 0 spiro atoms. The van der Waals surface area contributed by atoms with Crippen molar-refractivity contribution < 1.29 is 14.1 Å². The molecule has 1 N–H and O–H groups in total. The van der Waals surface area contributed by atoms with Gasteiger partial charge in [-0.25, -0.2) is 4.39 Å². The number of nitro groups is 1. The number of para-hydroxylation sites is 1. The number of halogens is 2. The van der Waals surface area contributed by atoms with E-state index < -0.39 is 16.6 Å². The van der Waals surface area contributed by atoms with Crippen LogP contribution in [0.4, 0.5) is 15.8 Å². The summed E-state index contributed by atoms with van der Waals surface area (Å²) >= 11 is 3.11. The summed E-state index contributed by atoms with van der Waals surface area (Å²) in [5.41, 5.74) is -0.0715. The van der Waals surface area contributed by atoms with Gasteiger partial charge in [0.1, 0.15) is 11.4 Å². The lowest BCUT2D eigenvalue weighted by Gasteiger charge is -2.08. The van der Waals surface area contributed by atoms with Crippen molar-refractivity contribution in [3.05, 3.63) is 67.9 Å². The van der Waals surface area contributed by atoms with Gasteiger partial charge in [-0.1, -0.05) is 28.1 Å². The molecule has 0 saturated heterocycles. The van der Waals surface area contributed by atoms with Gasteiger partial charge in [-0.15, -0.1) is 0 Å². The minimum atomic E-state index is -0.730. The highest BCUT2D eigenvalue weighted by atomic mass is 79.9. The van der Waals surface area contributed by atoms with E-state index >= 15 is 0 Å². The van der Waals surface area contributed by atoms with Crippen molar-refractivity contribution in [1.82, 2.24) is 0 Å². The van der Waals surface area contributed by atoms with E-state index in [2.05, 4.69) is 21.2 Å². The van der Waals surface area contributed by atoms with E-state index in [9.17, 15) is 19.3 Å². The molecule has 108 valence electrons. The Hall–Kier alpha value is -2.28. The second-order valence-electron chi connectivity index (χ2n) is 4.31. The van der Waals surface area contributed by atoms with Gasteiger partial charge >= 0.3 is 0 Å². The Bertz CT molecular complexity index is 734. The molecule has 7 heteroatoms. The number of carbonyl (C=O) groups is 1. The van der Waals surface area contributed by atoms with Crippen LogP contribution < -0.4 is 5.32 Å². The van der Waals surface area contributed by atoms with Crippen LogP contribution in [0.3, 0.4) is 0 Å². The second-order valence-corrected chi connectivity index (χ2v) is 5.22. The van der Waals surface area contributed by atoms with Crippen molar-refractivity contribution in [3.8, 4) is 0 Å². The van der Waals surface area contributed by atoms with Crippen LogP contribution in [-0.4, -0.2) is 10.8 Å². The van der Waals surface area contributed by atoms with E-state index in [1.165, 1.54) is 37.3 Å². The highest BCUT2D eigenvalue weighted by Gasteiger charge is 2.22. The monoisotopic (exact) mass is 352 g/mol. The maximum Gasteiger partial charge on any atom is 0.285 e. The average Bonchev–Trinajstić information content (AvgIpc) is 2.41. The van der Waals surface area contributed by atoms with Gasteiger partial charge in [0, 0.05) is 10.0 Å². The molecule has 0 saturated carbocycles. The Morgan fingerprint density at radius 1 is 1.33 bits per heavy atom. The number of nitrogens with one attached hydrogen (secondary N) is 1. The largest absolute Gasteiger partial charge is 0.319 e. The number of benzene rings is 2. The van der Waals surface area contributed by atoms with Gasteiger partial charge in [0.25, 0.3) is 11.6 Å². The molecule has 2 aromatic carbocycles. The zero-order valence-corrected chi connectivity index (χ0v) is 12.5. The predicted octanol–water partition coefficient (Wildman–Crippen LogP) is 4.06. The van der Waals surface area contributed by atoms with Gasteiger partial charge in [-0.05, 0) is 31.2 Å². The number of hydrogen-bond donors (Lipinski definition) is 1. The number of amides is 1. The number of nitrogens with zero attached hydrogens (tertiary/aromatic N) is 1. The first-order chi connectivity index (χ1) is 9.90. The zero-order valence-electron chi connectivity index (χ0n) is 10.9. The van der Waals surface area contributed by atoms with Crippen molar-refractivity contribution in [1.29, 1.82) is 0 Å². The van der Waals surface area contributed by atoms with Gasteiger partial charge in [0.15, 0.2) is 0 Å². The van der Waals surface area contributed by atoms with Crippen molar-refractivity contribution >= 4 is 33.2 Å². The summed E-state index contributed by atoms with van der Waals surface area (Å²) < 4.78 is 14.2. The summed E-state index contributed by atoms with van der Waals surface area (Å²) in [6.07, 6.45) is 0. The molecule has 0 heterocycles. The Balaban J connectivity index is 2.37. The van der Waals surface area contributed by atoms with Crippen LogP contribution in [0.5, 0.6) is 0 Å². The van der Waals surface area contributed by atoms with Crippen LogP contribution in [0.25, 0.3) is 0 Å². The van der Waals surface area contributed by atoms with E-state index in [0.29, 0.717) is 10.0 Å². The van der Waals surface area contributed by atoms with Crippen molar-refractivity contribution in [2.75, 3.05) is 5.32 Å². The molecule has 2 rings (SSSR count). The first-order valence-electron chi connectivity index (χ1n) is 5.90. The minimum Gasteiger partial charge on any atom is -0.319 e. The number of nitro benzene ring substituents is 1. The summed E-state index contributed by atoms with van der Waals surface area (Å²) in [5, 5.41) is 13.4. The molecule has 2 aromatic rings. The molecule has 0 aliphatic carbocycles. The van der Waals surface area contributed by atoms with E-state index in [1.54, 1.807) is 6.07 Å². The summed E-state index contributed by atoms with van der Waals surface area (Å²) in [6, 6.07) is 8.53. The lowest BCUT2D eigenvalue weighted by atomic mass is 10.1. The topological polar surface area (TPSA) is 72.2 Å². The Morgan fingerprint density at radius 2 is 2.05 bits per heavy atom. The molecule has 5 nitrogen and oxygen atoms in total. The summed E-state index contributed by atoms with van der Waals surface area (Å²) in [4.78, 5) is 22.6. The van der Waals surface area contributed by atoms with Gasteiger partial charge in [-0.2, -0.15) is 0 Å². The molecule has 0 aliphatic rings. The SMILES string of the molecule is Cc1cccc(C(=O)Nc2ccc(Br)cc2F)c1[N+](=O)[O-]. The lowest BCUT2D eigenvalue weighted by Crippen LogP contribution is -2.15. The molecule has 0 atom stereocenters. The van der Waals surface area contributed by atoms with E-state index in [-0.39, 0.29) is 16.9 Å². The van der Waals surface area contributed by atoms with Gasteiger partial charge < -0.3 is 5.32 Å². The number of aryl methyl sites for hydroxylation is 1. The fourth-order valence-corrected chi connectivity index (χ4v) is 2.20. The normalized spacial score (nSPS) is 10.2. The molecule has 0 radical (unpaired) electrons. The van der Waals surface area contributed by atoms with Crippen LogP contribution in [0, 0.1) is 22.9 Å². The second kappa shape index (κ2) is 6.01. The number of rotatable bonds is 3. The van der Waals surface area contributed by atoms with Gasteiger partial charge in [0.2, 0.25) is 0 Å². The first-order valence-corrected chi connectivity index (χ1v) is 6.70. The Labute approximate surface area is 128 Å². The van der Waals surface area contributed by atoms with Crippen LogP contribution in [0.15, 0.2) is 40.9 Å². The third-order valence-electron chi connectivity index (χ3n) is 2.84. The fraction of sp³-hybridized carbons (Fsp3) is 0.0714. The molecular formula is C14H10BrFN2O3. The van der Waals surface area contributed by atoms with Crippen molar-refractivity contribution in [2.24, 2.45) is 0 Å². The minimum absolute atomic E-state index is 0.0426. The highest BCUT2D eigenvalue weighted by Crippen LogP contribution is 2.25. The van der Waals surface area contributed by atoms with Gasteiger partial charge in [0.05, 0.1) is 10.6 Å². The molecule has 0 bridgehead atoms. The molecule has 0 aromatic heterocycles. The maximum absolute atomic E-state index is 13.7. The summed E-state index contributed by atoms with van der Waals surface area (Å²) in [7, 11) is 0. The number of anilines is 1. The van der Waals surface area contributed by atoms with E-state index in [0.717, 1.165) is 0 Å². The standard InChI is InChI=1S/C14H10BrFN2O3/c1-8-3-2-4-10(13(8)18(20)21)14(19)17-12-6-5-9(15)7-11(12)16/h2-7H,1H3,(H,17,19). The molecule has 0 fully saturated rings. The third kappa shape index (κ3) is 3.25. The van der Waals surface area contributed by atoms with Crippen LogP contribution in [0.2, 0.25) is 0 Å². The van der Waals surface area contributed by atoms with Crippen molar-refractivity contribution in [2.45, 2.75) is 6.92 Å². The number of hydrogen-bond acceptors (Lipinski definition) is 3. The highest BCUT2D eigenvalue weighted by molar-refractivity contribution is 9.10. The lowest BCUT2D eigenvalue weighted by molar-refractivity contribution is -0.385. The van der Waals surface area contributed by atoms with E-state index in [1.807, 2.05) is 0 Å². The Kier molecular flexibility index (Phi) is 4.32. The average molecular weight is 353 g/mol.